The number of nitrogens with one attached hydrogen (secondary N) is 1. The third kappa shape index (κ3) is 4.03. The number of nitrogens with zero attached hydrogens (tertiary/aromatic N) is 2. The number of anilines is 1. The lowest BCUT2D eigenvalue weighted by molar-refractivity contribution is 0.198. The van der Waals surface area contributed by atoms with Crippen LogP contribution in [0.25, 0.3) is 21.8 Å². The van der Waals surface area contributed by atoms with Crippen LogP contribution in [0.4, 0.5) is 5.69 Å². The summed E-state index contributed by atoms with van der Waals surface area (Å²) in [6.07, 6.45) is 6.77. The maximum Gasteiger partial charge on any atom is 0.119 e. The van der Waals surface area contributed by atoms with Crippen molar-refractivity contribution in [3.63, 3.8) is 0 Å². The van der Waals surface area contributed by atoms with E-state index in [1.54, 1.807) is 7.11 Å². The first kappa shape index (κ1) is 19.3. The van der Waals surface area contributed by atoms with E-state index in [4.69, 9.17) is 21.3 Å². The number of hydrogen-bond acceptors (Lipinski definition) is 4. The summed E-state index contributed by atoms with van der Waals surface area (Å²) in [6, 6.07) is 12.7. The molecule has 0 atom stereocenters. The average molecular weight is 398 g/mol. The van der Waals surface area contributed by atoms with Gasteiger partial charge in [-0.15, -0.1) is 0 Å². The minimum atomic E-state index is 0.704. The zero-order valence-electron chi connectivity index (χ0n) is 16.7. The largest absolute Gasteiger partial charge is 0.497 e. The Morgan fingerprint density at radius 2 is 1.89 bits per heavy atom. The van der Waals surface area contributed by atoms with Crippen LogP contribution in [-0.2, 0) is 0 Å². The quantitative estimate of drug-likeness (QED) is 0.539. The molecule has 1 aromatic heterocycles. The molecule has 1 aliphatic carbocycles. The Balaban J connectivity index is 1.62. The number of aromatic nitrogens is 1. The summed E-state index contributed by atoms with van der Waals surface area (Å²) in [5.74, 6) is 0.838. The Hall–Kier alpha value is -2.04. The monoisotopic (exact) mass is 397 g/mol. The Kier molecular flexibility index (Phi) is 5.88. The second kappa shape index (κ2) is 8.54. The molecule has 28 heavy (non-hydrogen) atoms. The van der Waals surface area contributed by atoms with Gasteiger partial charge in [-0.25, -0.2) is 4.98 Å². The van der Waals surface area contributed by atoms with E-state index >= 15 is 0 Å². The number of hydrogen-bond donors (Lipinski definition) is 1. The number of ether oxygens (including phenoxy) is 1. The fourth-order valence-corrected chi connectivity index (χ4v) is 4.44. The number of fused-ring (bicyclic) bond motifs is 2. The van der Waals surface area contributed by atoms with Gasteiger partial charge in [-0.1, -0.05) is 30.9 Å². The van der Waals surface area contributed by atoms with Crippen molar-refractivity contribution in [3.05, 3.63) is 41.4 Å². The minimum absolute atomic E-state index is 0.704. The lowest BCUT2D eigenvalue weighted by Crippen LogP contribution is -2.36. The molecular weight excluding hydrogens is 370 g/mol. The molecule has 1 saturated carbocycles. The highest BCUT2D eigenvalue weighted by atomic mass is 35.5. The normalized spacial score (nSPS) is 15.4. The van der Waals surface area contributed by atoms with Gasteiger partial charge in [0.2, 0.25) is 0 Å². The molecule has 1 fully saturated rings. The van der Waals surface area contributed by atoms with Crippen molar-refractivity contribution in [2.75, 3.05) is 32.6 Å². The fourth-order valence-electron chi connectivity index (χ4n) is 4.28. The molecule has 0 amide bonds. The molecule has 1 N–H and O–H groups in total. The highest BCUT2D eigenvalue weighted by Crippen LogP contribution is 2.34. The third-order valence-corrected chi connectivity index (χ3v) is 6.14. The Labute approximate surface area is 171 Å². The molecule has 0 bridgehead atoms. The van der Waals surface area contributed by atoms with Gasteiger partial charge in [-0.2, -0.15) is 0 Å². The van der Waals surface area contributed by atoms with E-state index in [1.807, 2.05) is 24.3 Å². The molecule has 5 heteroatoms. The molecule has 4 rings (SSSR count). The minimum Gasteiger partial charge on any atom is -0.497 e. The molecule has 0 unspecified atom stereocenters. The maximum absolute atomic E-state index is 6.21. The highest BCUT2D eigenvalue weighted by Gasteiger charge is 2.18. The van der Waals surface area contributed by atoms with Gasteiger partial charge in [-0.05, 0) is 56.3 Å². The smallest absolute Gasteiger partial charge is 0.119 e. The Morgan fingerprint density at radius 3 is 2.68 bits per heavy atom. The molecule has 2 aromatic carbocycles. The highest BCUT2D eigenvalue weighted by molar-refractivity contribution is 6.31. The molecule has 1 heterocycles. The van der Waals surface area contributed by atoms with Gasteiger partial charge in [0.05, 0.1) is 23.8 Å². The van der Waals surface area contributed by atoms with Crippen LogP contribution < -0.4 is 10.1 Å². The van der Waals surface area contributed by atoms with Crippen molar-refractivity contribution in [1.82, 2.24) is 9.88 Å². The van der Waals surface area contributed by atoms with E-state index in [-0.39, 0.29) is 0 Å². The van der Waals surface area contributed by atoms with Crippen molar-refractivity contribution >= 4 is 39.1 Å². The summed E-state index contributed by atoms with van der Waals surface area (Å²) in [5.41, 5.74) is 2.96. The second-order valence-corrected chi connectivity index (χ2v) is 8.17. The van der Waals surface area contributed by atoms with Crippen LogP contribution in [0.5, 0.6) is 5.75 Å². The van der Waals surface area contributed by atoms with Crippen LogP contribution in [-0.4, -0.2) is 43.2 Å². The van der Waals surface area contributed by atoms with Crippen LogP contribution in [0.1, 0.15) is 32.1 Å². The van der Waals surface area contributed by atoms with Gasteiger partial charge in [0.1, 0.15) is 5.75 Å². The van der Waals surface area contributed by atoms with E-state index in [2.05, 4.69) is 29.4 Å². The van der Waals surface area contributed by atoms with Crippen molar-refractivity contribution in [3.8, 4) is 5.75 Å². The summed E-state index contributed by atoms with van der Waals surface area (Å²) in [6.45, 7) is 1.91. The van der Waals surface area contributed by atoms with Crippen LogP contribution in [0.3, 0.4) is 0 Å². The van der Waals surface area contributed by atoms with E-state index in [1.165, 1.54) is 32.1 Å². The number of benzene rings is 2. The summed E-state index contributed by atoms with van der Waals surface area (Å²) in [7, 11) is 3.95. The lowest BCUT2D eigenvalue weighted by atomic mass is 9.94. The first-order valence-corrected chi connectivity index (χ1v) is 10.5. The van der Waals surface area contributed by atoms with E-state index in [0.29, 0.717) is 5.02 Å². The Bertz CT molecular complexity index is 969. The number of likely N-dealkylation sites (N-methyl/N-ethyl adjacent to an activating group) is 1. The van der Waals surface area contributed by atoms with Crippen molar-refractivity contribution < 1.29 is 4.74 Å². The second-order valence-electron chi connectivity index (χ2n) is 7.73. The van der Waals surface area contributed by atoms with E-state index in [0.717, 1.165) is 52.4 Å². The van der Waals surface area contributed by atoms with Gasteiger partial charge in [0.25, 0.3) is 0 Å². The average Bonchev–Trinajstić information content (AvgIpc) is 2.73. The molecule has 0 aliphatic heterocycles. The number of rotatable bonds is 6. The van der Waals surface area contributed by atoms with Crippen molar-refractivity contribution in [1.29, 1.82) is 0 Å². The first-order chi connectivity index (χ1) is 13.7. The van der Waals surface area contributed by atoms with Gasteiger partial charge < -0.3 is 15.0 Å². The van der Waals surface area contributed by atoms with E-state index < -0.39 is 0 Å². The molecule has 4 nitrogen and oxygen atoms in total. The molecule has 1 aliphatic rings. The van der Waals surface area contributed by atoms with Crippen molar-refractivity contribution in [2.24, 2.45) is 0 Å². The van der Waals surface area contributed by atoms with Crippen LogP contribution in [0.15, 0.2) is 36.4 Å². The first-order valence-electron chi connectivity index (χ1n) is 10.2. The number of halogens is 1. The van der Waals surface area contributed by atoms with Gasteiger partial charge in [-0.3, -0.25) is 0 Å². The van der Waals surface area contributed by atoms with Gasteiger partial charge in [0.15, 0.2) is 0 Å². The third-order valence-electron chi connectivity index (χ3n) is 5.91. The van der Waals surface area contributed by atoms with Crippen LogP contribution in [0.2, 0.25) is 5.02 Å². The zero-order valence-corrected chi connectivity index (χ0v) is 17.4. The molecule has 0 saturated heterocycles. The van der Waals surface area contributed by atoms with E-state index in [9.17, 15) is 0 Å². The predicted octanol–water partition coefficient (Wildman–Crippen LogP) is 5.73. The summed E-state index contributed by atoms with van der Waals surface area (Å²) in [5, 5.41) is 6.56. The predicted molar refractivity (Wildman–Crippen MR) is 119 cm³/mol. The molecule has 0 spiro atoms. The molecular formula is C23H28ClN3O. The molecule has 148 valence electrons. The standard InChI is InChI=1S/C23H28ClN3O/c1-27(17-6-4-3-5-7-17)13-12-25-23-19-10-8-16(24)14-22(19)26-21-11-9-18(28-2)15-20(21)23/h8-11,14-15,17H,3-7,12-13H2,1-2H3,(H,25,26). The fraction of sp³-hybridized carbons (Fsp3) is 0.435. The topological polar surface area (TPSA) is 37.4 Å². The molecule has 0 radical (unpaired) electrons. The van der Waals surface area contributed by atoms with Gasteiger partial charge >= 0.3 is 0 Å². The van der Waals surface area contributed by atoms with Crippen LogP contribution >= 0.6 is 11.6 Å². The Morgan fingerprint density at radius 1 is 1.07 bits per heavy atom. The number of pyridine rings is 1. The number of methoxy groups -OCH3 is 1. The zero-order chi connectivity index (χ0) is 19.5. The SMILES string of the molecule is COc1ccc2nc3cc(Cl)ccc3c(NCCN(C)C3CCCCC3)c2c1. The maximum atomic E-state index is 6.21. The van der Waals surface area contributed by atoms with Crippen LogP contribution in [0, 0.1) is 0 Å². The summed E-state index contributed by atoms with van der Waals surface area (Å²) in [4.78, 5) is 7.31. The van der Waals surface area contributed by atoms with Crippen molar-refractivity contribution in [2.45, 2.75) is 38.1 Å². The molecule has 3 aromatic rings. The lowest BCUT2D eigenvalue weighted by Gasteiger charge is -2.31. The van der Waals surface area contributed by atoms with Gasteiger partial charge in [0, 0.05) is 34.9 Å². The summed E-state index contributed by atoms with van der Waals surface area (Å²) >= 11 is 6.21. The summed E-state index contributed by atoms with van der Waals surface area (Å²) < 4.78 is 5.45.